The summed E-state index contributed by atoms with van der Waals surface area (Å²) in [6, 6.07) is -0.299. The van der Waals surface area contributed by atoms with Crippen LogP contribution in [0, 0.1) is 0 Å². The van der Waals surface area contributed by atoms with Crippen LogP contribution in [0.15, 0.2) is 0 Å². The lowest BCUT2D eigenvalue weighted by Crippen LogP contribution is -2.40. The van der Waals surface area contributed by atoms with Crippen molar-refractivity contribution in [1.82, 2.24) is 4.90 Å². The molecule has 0 aromatic heterocycles. The predicted octanol–water partition coefficient (Wildman–Crippen LogP) is 0.757. The predicted molar refractivity (Wildman–Crippen MR) is 41.6 cm³/mol. The van der Waals surface area contributed by atoms with Gasteiger partial charge in [0.2, 0.25) is 0 Å². The van der Waals surface area contributed by atoms with Gasteiger partial charge in [0.05, 0.1) is 12.6 Å². The molecule has 4 heteroatoms. The van der Waals surface area contributed by atoms with Gasteiger partial charge in [-0.25, -0.2) is 4.79 Å². The monoisotopic (exact) mass is 161 g/mol. The van der Waals surface area contributed by atoms with E-state index in [1.807, 2.05) is 6.92 Å². The summed E-state index contributed by atoms with van der Waals surface area (Å²) >= 11 is 0. The lowest BCUT2D eigenvalue weighted by molar-refractivity contribution is 0.104. The summed E-state index contributed by atoms with van der Waals surface area (Å²) in [5, 5.41) is 17.3. The van der Waals surface area contributed by atoms with Gasteiger partial charge in [-0.05, 0) is 13.3 Å². The molecule has 1 amide bonds. The summed E-state index contributed by atoms with van der Waals surface area (Å²) in [4.78, 5) is 11.7. The standard InChI is InChI=1S/C7H15NO3/c1-3-4-8(7(10)11)6(2)5-9/h6,9H,3-5H2,1-2H3,(H,10,11)/t6-/m0/s1. The number of aliphatic hydroxyl groups is 1. The van der Waals surface area contributed by atoms with Gasteiger partial charge >= 0.3 is 6.09 Å². The second-order valence-electron chi connectivity index (χ2n) is 2.51. The maximum absolute atomic E-state index is 10.5. The maximum atomic E-state index is 10.5. The summed E-state index contributed by atoms with van der Waals surface area (Å²) in [7, 11) is 0. The second kappa shape index (κ2) is 4.96. The molecule has 0 fully saturated rings. The Labute approximate surface area is 66.4 Å². The third-order valence-corrected chi connectivity index (χ3v) is 1.51. The third kappa shape index (κ3) is 3.23. The molecule has 0 aliphatic heterocycles. The first-order valence-electron chi connectivity index (χ1n) is 3.73. The molecule has 0 aliphatic carbocycles. The number of amides is 1. The van der Waals surface area contributed by atoms with E-state index in [4.69, 9.17) is 10.2 Å². The van der Waals surface area contributed by atoms with E-state index in [1.54, 1.807) is 6.92 Å². The number of hydrogen-bond acceptors (Lipinski definition) is 2. The molecule has 0 heterocycles. The van der Waals surface area contributed by atoms with Crippen LogP contribution in [0.2, 0.25) is 0 Å². The van der Waals surface area contributed by atoms with E-state index in [0.717, 1.165) is 6.42 Å². The number of rotatable bonds is 4. The van der Waals surface area contributed by atoms with Crippen LogP contribution in [0.4, 0.5) is 4.79 Å². The normalized spacial score (nSPS) is 12.6. The molecule has 0 aromatic rings. The molecule has 0 aromatic carbocycles. The molecule has 0 radical (unpaired) electrons. The highest BCUT2D eigenvalue weighted by molar-refractivity contribution is 5.65. The zero-order valence-electron chi connectivity index (χ0n) is 6.95. The second-order valence-corrected chi connectivity index (χ2v) is 2.51. The van der Waals surface area contributed by atoms with Crippen LogP contribution in [0.5, 0.6) is 0 Å². The summed E-state index contributed by atoms with van der Waals surface area (Å²) < 4.78 is 0. The van der Waals surface area contributed by atoms with Crippen molar-refractivity contribution in [2.24, 2.45) is 0 Å². The van der Waals surface area contributed by atoms with E-state index in [-0.39, 0.29) is 12.6 Å². The molecular formula is C7H15NO3. The first-order valence-corrected chi connectivity index (χ1v) is 3.73. The Morgan fingerprint density at radius 1 is 1.64 bits per heavy atom. The molecule has 11 heavy (non-hydrogen) atoms. The minimum absolute atomic E-state index is 0.119. The summed E-state index contributed by atoms with van der Waals surface area (Å²) in [6.45, 7) is 3.95. The van der Waals surface area contributed by atoms with Crippen LogP contribution in [0.1, 0.15) is 20.3 Å². The lowest BCUT2D eigenvalue weighted by Gasteiger charge is -2.23. The van der Waals surface area contributed by atoms with Crippen LogP contribution in [-0.4, -0.2) is 40.4 Å². The minimum Gasteiger partial charge on any atom is -0.465 e. The Hall–Kier alpha value is -0.770. The van der Waals surface area contributed by atoms with Crippen molar-refractivity contribution in [2.45, 2.75) is 26.3 Å². The Bertz CT molecular complexity index is 127. The van der Waals surface area contributed by atoms with Gasteiger partial charge in [-0.2, -0.15) is 0 Å². The molecular weight excluding hydrogens is 146 g/mol. The van der Waals surface area contributed by atoms with Crippen molar-refractivity contribution in [1.29, 1.82) is 0 Å². The van der Waals surface area contributed by atoms with Crippen molar-refractivity contribution >= 4 is 6.09 Å². The first kappa shape index (κ1) is 10.2. The number of aliphatic hydroxyl groups excluding tert-OH is 1. The van der Waals surface area contributed by atoms with Gasteiger partial charge in [-0.1, -0.05) is 6.92 Å². The third-order valence-electron chi connectivity index (χ3n) is 1.51. The van der Waals surface area contributed by atoms with Crippen molar-refractivity contribution in [3.8, 4) is 0 Å². The molecule has 0 unspecified atom stereocenters. The Balaban J connectivity index is 3.97. The highest BCUT2D eigenvalue weighted by atomic mass is 16.4. The average molecular weight is 161 g/mol. The zero-order valence-corrected chi connectivity index (χ0v) is 6.95. The summed E-state index contributed by atoms with van der Waals surface area (Å²) in [5.41, 5.74) is 0. The van der Waals surface area contributed by atoms with Crippen LogP contribution >= 0.6 is 0 Å². The van der Waals surface area contributed by atoms with Crippen LogP contribution in [0.25, 0.3) is 0 Å². The number of carbonyl (C=O) groups is 1. The molecule has 0 spiro atoms. The first-order chi connectivity index (χ1) is 5.13. The van der Waals surface area contributed by atoms with Crippen molar-refractivity contribution < 1.29 is 15.0 Å². The van der Waals surface area contributed by atoms with Gasteiger partial charge in [-0.3, -0.25) is 0 Å². The van der Waals surface area contributed by atoms with Gasteiger partial charge in [0.1, 0.15) is 0 Å². The molecule has 4 nitrogen and oxygen atoms in total. The molecule has 0 rings (SSSR count). The average Bonchev–Trinajstić information content (AvgIpc) is 1.98. The zero-order chi connectivity index (χ0) is 8.85. The molecule has 0 saturated heterocycles. The summed E-state index contributed by atoms with van der Waals surface area (Å²) in [6.07, 6.45) is -0.190. The van der Waals surface area contributed by atoms with Gasteiger partial charge in [0.15, 0.2) is 0 Å². The van der Waals surface area contributed by atoms with Gasteiger partial charge < -0.3 is 15.1 Å². The van der Waals surface area contributed by atoms with Gasteiger partial charge in [0, 0.05) is 6.54 Å². The highest BCUT2D eigenvalue weighted by Gasteiger charge is 2.16. The Morgan fingerprint density at radius 3 is 2.45 bits per heavy atom. The molecule has 0 bridgehead atoms. The smallest absolute Gasteiger partial charge is 0.407 e. The molecule has 2 N–H and O–H groups in total. The molecule has 1 atom stereocenters. The fraction of sp³-hybridized carbons (Fsp3) is 0.857. The van der Waals surface area contributed by atoms with E-state index in [2.05, 4.69) is 0 Å². The maximum Gasteiger partial charge on any atom is 0.407 e. The van der Waals surface area contributed by atoms with Gasteiger partial charge in [0.25, 0.3) is 0 Å². The van der Waals surface area contributed by atoms with E-state index >= 15 is 0 Å². The van der Waals surface area contributed by atoms with E-state index in [1.165, 1.54) is 4.90 Å². The topological polar surface area (TPSA) is 60.8 Å². The minimum atomic E-state index is -0.964. The lowest BCUT2D eigenvalue weighted by atomic mass is 10.3. The van der Waals surface area contributed by atoms with E-state index in [9.17, 15) is 4.79 Å². The fourth-order valence-electron chi connectivity index (χ4n) is 0.844. The van der Waals surface area contributed by atoms with Crippen LogP contribution < -0.4 is 0 Å². The molecule has 66 valence electrons. The van der Waals surface area contributed by atoms with E-state index in [0.29, 0.717) is 6.54 Å². The van der Waals surface area contributed by atoms with Crippen LogP contribution in [-0.2, 0) is 0 Å². The fourth-order valence-corrected chi connectivity index (χ4v) is 0.844. The van der Waals surface area contributed by atoms with Crippen molar-refractivity contribution in [3.63, 3.8) is 0 Å². The van der Waals surface area contributed by atoms with Crippen molar-refractivity contribution in [2.75, 3.05) is 13.2 Å². The number of hydrogen-bond donors (Lipinski definition) is 2. The number of carboxylic acid groups (broad SMARTS) is 1. The largest absolute Gasteiger partial charge is 0.465 e. The molecule has 0 aliphatic rings. The number of nitrogens with zero attached hydrogens (tertiary/aromatic N) is 1. The SMILES string of the molecule is CCCN(C(=O)O)[C@@H](C)CO. The van der Waals surface area contributed by atoms with Crippen LogP contribution in [0.3, 0.4) is 0 Å². The summed E-state index contributed by atoms with van der Waals surface area (Å²) in [5.74, 6) is 0. The Morgan fingerprint density at radius 2 is 2.18 bits per heavy atom. The quantitative estimate of drug-likeness (QED) is 0.639. The highest BCUT2D eigenvalue weighted by Crippen LogP contribution is 1.99. The Kier molecular flexibility index (Phi) is 4.61. The molecule has 0 saturated carbocycles. The van der Waals surface area contributed by atoms with Gasteiger partial charge in [-0.15, -0.1) is 0 Å². The van der Waals surface area contributed by atoms with E-state index < -0.39 is 6.09 Å². The van der Waals surface area contributed by atoms with Crippen molar-refractivity contribution in [3.05, 3.63) is 0 Å².